The Morgan fingerprint density at radius 1 is 1.04 bits per heavy atom. The fraction of sp³-hybridized carbons (Fsp3) is 0.560. The third-order valence-electron chi connectivity index (χ3n) is 7.52. The number of carbonyl (C=O) groups excluding carboxylic acids is 1. The van der Waals surface area contributed by atoms with Gasteiger partial charge in [-0.2, -0.15) is 0 Å². The van der Waals surface area contributed by atoms with Crippen LogP contribution in [0.2, 0.25) is 0 Å². The molecule has 144 valence electrons. The van der Waals surface area contributed by atoms with E-state index in [0.29, 0.717) is 18.3 Å². The second kappa shape index (κ2) is 6.65. The second-order valence-corrected chi connectivity index (χ2v) is 9.63. The molecule has 0 radical (unpaired) electrons. The lowest BCUT2D eigenvalue weighted by molar-refractivity contribution is -0.159. The van der Waals surface area contributed by atoms with Crippen molar-refractivity contribution >= 4 is 16.7 Å². The zero-order chi connectivity index (χ0) is 19.3. The molecular formula is C25H32O2. The highest BCUT2D eigenvalue weighted by Gasteiger charge is 2.49. The van der Waals surface area contributed by atoms with Crippen molar-refractivity contribution in [1.29, 1.82) is 0 Å². The summed E-state index contributed by atoms with van der Waals surface area (Å²) in [7, 11) is 0. The van der Waals surface area contributed by atoms with E-state index in [1.165, 1.54) is 29.2 Å². The van der Waals surface area contributed by atoms with E-state index in [4.69, 9.17) is 4.74 Å². The zero-order valence-corrected chi connectivity index (χ0v) is 17.3. The molecule has 5 unspecified atom stereocenters. The third-order valence-corrected chi connectivity index (χ3v) is 7.52. The van der Waals surface area contributed by atoms with Crippen LogP contribution in [0.4, 0.5) is 0 Å². The van der Waals surface area contributed by atoms with E-state index in [1.54, 1.807) is 0 Å². The van der Waals surface area contributed by atoms with Crippen molar-refractivity contribution in [3.8, 4) is 0 Å². The second-order valence-electron chi connectivity index (χ2n) is 9.63. The van der Waals surface area contributed by atoms with E-state index in [-0.39, 0.29) is 5.97 Å². The Balaban J connectivity index is 1.46. The molecule has 2 nitrogen and oxygen atoms in total. The van der Waals surface area contributed by atoms with Crippen LogP contribution in [0.3, 0.4) is 0 Å². The van der Waals surface area contributed by atoms with E-state index in [9.17, 15) is 4.79 Å². The van der Waals surface area contributed by atoms with Crippen molar-refractivity contribution in [1.82, 2.24) is 0 Å². The first-order chi connectivity index (χ1) is 12.7. The first-order valence-corrected chi connectivity index (χ1v) is 10.5. The average molecular weight is 365 g/mol. The molecule has 2 aliphatic rings. The molecule has 2 aliphatic carbocycles. The molecule has 0 N–H and O–H groups in total. The third kappa shape index (κ3) is 3.39. The fourth-order valence-corrected chi connectivity index (χ4v) is 5.67. The Bertz CT molecular complexity index is 864. The quantitative estimate of drug-likeness (QED) is 0.600. The number of hydrogen-bond acceptors (Lipinski definition) is 2. The maximum atomic E-state index is 12.7. The van der Waals surface area contributed by atoms with Gasteiger partial charge >= 0.3 is 5.97 Å². The molecule has 2 aromatic carbocycles. The summed E-state index contributed by atoms with van der Waals surface area (Å²) in [6.07, 6.45) is 3.10. The van der Waals surface area contributed by atoms with E-state index < -0.39 is 5.60 Å². The minimum atomic E-state index is -0.606. The Kier molecular flexibility index (Phi) is 4.56. The standard InChI is InChI=1S/C25H32O2/c1-15-6-7-18-8-9-22(12-20(18)10-15)25(4,5)27-24(26)14-21-11-19-13-23(21)17(3)16(19)2/h6-10,12,16-17,19,21,23H,11,13-14H2,1-5H3. The Hall–Kier alpha value is -1.83. The average Bonchev–Trinajstić information content (AvgIpc) is 3.13. The summed E-state index contributed by atoms with van der Waals surface area (Å²) in [4.78, 5) is 12.7. The van der Waals surface area contributed by atoms with Gasteiger partial charge in [-0.05, 0) is 85.6 Å². The molecular weight excluding hydrogens is 332 g/mol. The van der Waals surface area contributed by atoms with Crippen molar-refractivity contribution in [2.45, 2.75) is 59.5 Å². The minimum Gasteiger partial charge on any atom is -0.455 e. The first kappa shape index (κ1) is 18.5. The predicted molar refractivity (Wildman–Crippen MR) is 110 cm³/mol. The molecule has 2 saturated carbocycles. The highest BCUT2D eigenvalue weighted by Crippen LogP contribution is 2.56. The Morgan fingerprint density at radius 2 is 1.78 bits per heavy atom. The molecule has 0 heterocycles. The molecule has 0 amide bonds. The normalized spacial score (nSPS) is 30.0. The van der Waals surface area contributed by atoms with Crippen molar-refractivity contribution in [2.75, 3.05) is 0 Å². The van der Waals surface area contributed by atoms with Gasteiger partial charge in [-0.1, -0.05) is 49.7 Å². The lowest BCUT2D eigenvalue weighted by atomic mass is 9.74. The van der Waals surface area contributed by atoms with Crippen molar-refractivity contribution in [3.63, 3.8) is 0 Å². The highest BCUT2D eigenvalue weighted by molar-refractivity contribution is 5.84. The molecule has 4 rings (SSSR count). The Labute approximate surface area is 163 Å². The molecule has 0 saturated heterocycles. The van der Waals surface area contributed by atoms with Crippen LogP contribution in [0, 0.1) is 36.5 Å². The van der Waals surface area contributed by atoms with E-state index in [0.717, 1.165) is 23.3 Å². The molecule has 0 aliphatic heterocycles. The predicted octanol–water partition coefficient (Wildman–Crippen LogP) is 6.24. The van der Waals surface area contributed by atoms with Crippen LogP contribution in [-0.2, 0) is 15.1 Å². The van der Waals surface area contributed by atoms with Gasteiger partial charge in [-0.3, -0.25) is 4.79 Å². The molecule has 2 fully saturated rings. The van der Waals surface area contributed by atoms with Crippen LogP contribution in [0.15, 0.2) is 36.4 Å². The van der Waals surface area contributed by atoms with Gasteiger partial charge in [0.2, 0.25) is 0 Å². The molecule has 2 aromatic rings. The maximum absolute atomic E-state index is 12.7. The number of benzene rings is 2. The van der Waals surface area contributed by atoms with Crippen LogP contribution < -0.4 is 0 Å². The van der Waals surface area contributed by atoms with Gasteiger partial charge in [0.1, 0.15) is 5.60 Å². The minimum absolute atomic E-state index is 0.0401. The summed E-state index contributed by atoms with van der Waals surface area (Å²) in [6, 6.07) is 12.8. The van der Waals surface area contributed by atoms with Crippen molar-refractivity contribution in [3.05, 3.63) is 47.5 Å². The van der Waals surface area contributed by atoms with E-state index in [1.807, 2.05) is 13.8 Å². The fourth-order valence-electron chi connectivity index (χ4n) is 5.67. The number of fused-ring (bicyclic) bond motifs is 3. The SMILES string of the molecule is Cc1ccc2ccc(C(C)(C)OC(=O)CC3CC4CC3C(C)C4C)cc2c1. The van der Waals surface area contributed by atoms with Crippen LogP contribution in [0.25, 0.3) is 10.8 Å². The molecule has 0 aromatic heterocycles. The van der Waals surface area contributed by atoms with Gasteiger partial charge in [0.25, 0.3) is 0 Å². The first-order valence-electron chi connectivity index (χ1n) is 10.5. The van der Waals surface area contributed by atoms with Crippen molar-refractivity contribution < 1.29 is 9.53 Å². The van der Waals surface area contributed by atoms with Crippen molar-refractivity contribution in [2.24, 2.45) is 29.6 Å². The molecule has 2 heteroatoms. The number of carbonyl (C=O) groups is 1. The number of aryl methyl sites for hydroxylation is 1. The molecule has 5 atom stereocenters. The van der Waals surface area contributed by atoms with Crippen LogP contribution in [0.5, 0.6) is 0 Å². The monoisotopic (exact) mass is 364 g/mol. The largest absolute Gasteiger partial charge is 0.455 e. The summed E-state index contributed by atoms with van der Waals surface area (Å²) in [5.41, 5.74) is 1.70. The smallest absolute Gasteiger partial charge is 0.306 e. The summed E-state index contributed by atoms with van der Waals surface area (Å²) in [5, 5.41) is 2.42. The summed E-state index contributed by atoms with van der Waals surface area (Å²) < 4.78 is 6.00. The lowest BCUT2D eigenvalue weighted by Crippen LogP contribution is -2.30. The van der Waals surface area contributed by atoms with Gasteiger partial charge in [0, 0.05) is 6.42 Å². The van der Waals surface area contributed by atoms with Crippen LogP contribution >= 0.6 is 0 Å². The Morgan fingerprint density at radius 3 is 2.48 bits per heavy atom. The molecule has 0 spiro atoms. The number of ether oxygens (including phenoxy) is 1. The lowest BCUT2D eigenvalue weighted by Gasteiger charge is -2.32. The van der Waals surface area contributed by atoms with Gasteiger partial charge < -0.3 is 4.74 Å². The van der Waals surface area contributed by atoms with E-state index >= 15 is 0 Å². The summed E-state index contributed by atoms with van der Waals surface area (Å²) in [5.74, 6) is 3.58. The zero-order valence-electron chi connectivity index (χ0n) is 17.3. The number of esters is 1. The topological polar surface area (TPSA) is 26.3 Å². The molecule has 2 bridgehead atoms. The highest BCUT2D eigenvalue weighted by atomic mass is 16.6. The molecule has 27 heavy (non-hydrogen) atoms. The van der Waals surface area contributed by atoms with E-state index in [2.05, 4.69) is 57.2 Å². The van der Waals surface area contributed by atoms with Crippen LogP contribution in [0.1, 0.15) is 58.1 Å². The summed E-state index contributed by atoms with van der Waals surface area (Å²) >= 11 is 0. The van der Waals surface area contributed by atoms with Crippen LogP contribution in [-0.4, -0.2) is 5.97 Å². The van der Waals surface area contributed by atoms with Gasteiger partial charge in [0.15, 0.2) is 0 Å². The van der Waals surface area contributed by atoms with Gasteiger partial charge in [0.05, 0.1) is 0 Å². The maximum Gasteiger partial charge on any atom is 0.306 e. The van der Waals surface area contributed by atoms with Gasteiger partial charge in [-0.25, -0.2) is 0 Å². The van der Waals surface area contributed by atoms with Gasteiger partial charge in [-0.15, -0.1) is 0 Å². The number of hydrogen-bond donors (Lipinski definition) is 0. The number of rotatable bonds is 4. The summed E-state index contributed by atoms with van der Waals surface area (Å²) in [6.45, 7) is 10.9.